The zero-order chi connectivity index (χ0) is 35.6. The fourth-order valence-electron chi connectivity index (χ4n) is 7.63. The Bertz CT molecular complexity index is 2150. The lowest BCUT2D eigenvalue weighted by atomic mass is 10.1. The minimum absolute atomic E-state index is 0.0728. The number of nitrogens with zero attached hydrogens (tertiary/aromatic N) is 2. The quantitative estimate of drug-likeness (QED) is 0.0935. The number of ether oxygens (including phenoxy) is 3. The molecule has 53 heavy (non-hydrogen) atoms. The maximum absolute atomic E-state index is 13.0. The van der Waals surface area contributed by atoms with Crippen LogP contribution in [-0.2, 0) is 14.3 Å². The van der Waals surface area contributed by atoms with Crippen molar-refractivity contribution < 1.29 is 19.0 Å². The van der Waals surface area contributed by atoms with Crippen molar-refractivity contribution in [3.05, 3.63) is 84.2 Å². The van der Waals surface area contributed by atoms with Crippen LogP contribution in [0.5, 0.6) is 11.5 Å². The van der Waals surface area contributed by atoms with Gasteiger partial charge in [-0.15, -0.1) is 23.5 Å². The van der Waals surface area contributed by atoms with Crippen molar-refractivity contribution in [2.45, 2.75) is 69.1 Å². The minimum Gasteiger partial charge on any atom is -0.463 e. The van der Waals surface area contributed by atoms with Gasteiger partial charge in [-0.3, -0.25) is 14.8 Å². The van der Waals surface area contributed by atoms with Crippen molar-refractivity contribution >= 4 is 72.8 Å². The number of H-pyrrole nitrogens is 2. The summed E-state index contributed by atoms with van der Waals surface area (Å²) in [7, 11) is 0. The average Bonchev–Trinajstić information content (AvgIpc) is 4.02. The average molecular weight is 749 g/mol. The number of aromatic amines is 2. The number of aromatic nitrogens is 2. The van der Waals surface area contributed by atoms with Crippen LogP contribution in [0.1, 0.15) is 56.3 Å². The van der Waals surface area contributed by atoms with E-state index in [0.717, 1.165) is 104 Å². The van der Waals surface area contributed by atoms with E-state index in [4.69, 9.17) is 24.2 Å². The largest absolute Gasteiger partial charge is 0.463 e. The van der Waals surface area contributed by atoms with E-state index in [-0.39, 0.29) is 31.1 Å². The highest BCUT2D eigenvalue weighted by atomic mass is 32.2. The summed E-state index contributed by atoms with van der Waals surface area (Å²) in [5, 5.41) is 11.6. The molecule has 2 aromatic heterocycles. The SMILES string of the molecule is O=C(CC1CSC(c2cc3cc(Oc4ccccc4)cc(NC4CCCC4)c3[nH]2)=N1)OCC1CSC(c2cc3cccc(NC4CCOCC4)c3[nH]2)=N1. The van der Waals surface area contributed by atoms with Gasteiger partial charge in [-0.1, -0.05) is 43.2 Å². The number of carbonyl (C=O) groups is 1. The van der Waals surface area contributed by atoms with Gasteiger partial charge in [-0.2, -0.15) is 0 Å². The lowest BCUT2D eigenvalue weighted by Crippen LogP contribution is -2.27. The Hall–Kier alpha value is -4.39. The second-order valence-corrected chi connectivity index (χ2v) is 16.3. The Labute approximate surface area is 317 Å². The number of esters is 1. The number of hydrogen-bond acceptors (Lipinski definition) is 10. The van der Waals surface area contributed by atoms with Crippen LogP contribution in [0.4, 0.5) is 11.4 Å². The number of anilines is 2. The summed E-state index contributed by atoms with van der Waals surface area (Å²) in [4.78, 5) is 30.1. The van der Waals surface area contributed by atoms with E-state index < -0.39 is 0 Å². The molecule has 274 valence electrons. The fourth-order valence-corrected chi connectivity index (χ4v) is 9.67. The van der Waals surface area contributed by atoms with Crippen molar-refractivity contribution in [2.24, 2.45) is 9.98 Å². The molecule has 10 nitrogen and oxygen atoms in total. The van der Waals surface area contributed by atoms with E-state index in [9.17, 15) is 4.79 Å². The molecule has 2 fully saturated rings. The molecule has 0 radical (unpaired) electrons. The smallest absolute Gasteiger partial charge is 0.308 e. The van der Waals surface area contributed by atoms with Gasteiger partial charge in [0.05, 0.1) is 52.3 Å². The van der Waals surface area contributed by atoms with E-state index in [1.165, 1.54) is 25.7 Å². The number of hydrogen-bond donors (Lipinski definition) is 4. The Morgan fingerprint density at radius 3 is 2.21 bits per heavy atom. The third-order valence-corrected chi connectivity index (χ3v) is 12.7. The maximum Gasteiger partial charge on any atom is 0.308 e. The molecule has 5 aromatic rings. The monoisotopic (exact) mass is 748 g/mol. The van der Waals surface area contributed by atoms with Crippen LogP contribution in [-0.4, -0.2) is 81.5 Å². The number of fused-ring (bicyclic) bond motifs is 2. The fraction of sp³-hybridized carbons (Fsp3) is 0.390. The summed E-state index contributed by atoms with van der Waals surface area (Å²) in [6.07, 6.45) is 7.12. The van der Waals surface area contributed by atoms with Crippen LogP contribution in [0.15, 0.2) is 82.8 Å². The van der Waals surface area contributed by atoms with Crippen LogP contribution in [0.2, 0.25) is 0 Å². The second kappa shape index (κ2) is 15.5. The third kappa shape index (κ3) is 7.95. The first-order chi connectivity index (χ1) is 26.1. The van der Waals surface area contributed by atoms with E-state index >= 15 is 0 Å². The van der Waals surface area contributed by atoms with E-state index in [1.807, 2.05) is 30.3 Å². The molecule has 3 aliphatic heterocycles. The molecule has 0 bridgehead atoms. The van der Waals surface area contributed by atoms with Crippen molar-refractivity contribution in [3.63, 3.8) is 0 Å². The highest BCUT2D eigenvalue weighted by Crippen LogP contribution is 2.36. The van der Waals surface area contributed by atoms with Crippen molar-refractivity contribution in [2.75, 3.05) is 42.0 Å². The number of thioether (sulfide) groups is 2. The van der Waals surface area contributed by atoms with Gasteiger partial charge in [-0.25, -0.2) is 0 Å². The summed E-state index contributed by atoms with van der Waals surface area (Å²) in [6, 6.07) is 25.4. The zero-order valence-corrected chi connectivity index (χ0v) is 31.2. The summed E-state index contributed by atoms with van der Waals surface area (Å²) in [6.45, 7) is 1.87. The molecule has 0 amide bonds. The number of benzene rings is 3. The standard InChI is InChI=1S/C41H44N6O4S2/c48-37(50-22-30-24-53-41(45-30)35-18-25-7-6-12-33(38(25)46-35)42-28-13-15-49-16-14-28)20-29-23-52-40(44-29)36-19-26-17-32(51-31-10-2-1-3-11-31)21-34(39(26)47-36)43-27-8-4-5-9-27/h1-3,6-7,10-12,17-19,21,27-30,42-43,46-47H,4-5,8-9,13-16,20,22-24H2. The normalized spacial score (nSPS) is 20.9. The Morgan fingerprint density at radius 2 is 1.42 bits per heavy atom. The molecule has 4 N–H and O–H groups in total. The van der Waals surface area contributed by atoms with Gasteiger partial charge in [0.15, 0.2) is 0 Å². The molecule has 5 heterocycles. The number of rotatable bonds is 12. The van der Waals surface area contributed by atoms with Gasteiger partial charge in [0.1, 0.15) is 28.2 Å². The van der Waals surface area contributed by atoms with Gasteiger partial charge < -0.3 is 34.8 Å². The highest BCUT2D eigenvalue weighted by Gasteiger charge is 2.27. The second-order valence-electron chi connectivity index (χ2n) is 14.3. The number of para-hydroxylation sites is 2. The van der Waals surface area contributed by atoms with Crippen LogP contribution in [0.25, 0.3) is 21.8 Å². The third-order valence-electron chi connectivity index (χ3n) is 10.4. The lowest BCUT2D eigenvalue weighted by molar-refractivity contribution is -0.144. The molecule has 9 rings (SSSR count). The molecule has 2 atom stereocenters. The number of aliphatic imine (C=N–C) groups is 2. The summed E-state index contributed by atoms with van der Waals surface area (Å²) in [5.41, 5.74) is 6.26. The van der Waals surface area contributed by atoms with Gasteiger partial charge in [0.2, 0.25) is 0 Å². The van der Waals surface area contributed by atoms with Crippen LogP contribution >= 0.6 is 23.5 Å². The number of carbonyl (C=O) groups excluding carboxylic acids is 1. The van der Waals surface area contributed by atoms with Crippen LogP contribution in [0, 0.1) is 0 Å². The molecule has 12 heteroatoms. The predicted octanol–water partition coefficient (Wildman–Crippen LogP) is 8.74. The first-order valence-electron chi connectivity index (χ1n) is 18.8. The Kier molecular flexibility index (Phi) is 10.1. The minimum atomic E-state index is -0.230. The topological polar surface area (TPSA) is 125 Å². The molecule has 1 saturated heterocycles. The maximum atomic E-state index is 13.0. The first kappa shape index (κ1) is 34.4. The van der Waals surface area contributed by atoms with E-state index in [0.29, 0.717) is 12.1 Å². The highest BCUT2D eigenvalue weighted by molar-refractivity contribution is 8.15. The summed E-state index contributed by atoms with van der Waals surface area (Å²) < 4.78 is 17.6. The summed E-state index contributed by atoms with van der Waals surface area (Å²) in [5.74, 6) is 2.89. The van der Waals surface area contributed by atoms with Gasteiger partial charge >= 0.3 is 5.97 Å². The molecular formula is C41H44N6O4S2. The Balaban J connectivity index is 0.828. The predicted molar refractivity (Wildman–Crippen MR) is 218 cm³/mol. The van der Waals surface area contributed by atoms with Crippen molar-refractivity contribution in [3.8, 4) is 11.5 Å². The number of nitrogens with one attached hydrogen (secondary N) is 4. The first-order valence-corrected chi connectivity index (χ1v) is 20.8. The van der Waals surface area contributed by atoms with Crippen molar-refractivity contribution in [1.29, 1.82) is 0 Å². The zero-order valence-electron chi connectivity index (χ0n) is 29.6. The molecule has 1 aliphatic carbocycles. The summed E-state index contributed by atoms with van der Waals surface area (Å²) >= 11 is 3.38. The molecule has 4 aliphatic rings. The molecule has 0 spiro atoms. The van der Waals surface area contributed by atoms with E-state index in [1.54, 1.807) is 23.5 Å². The molecule has 3 aromatic carbocycles. The van der Waals surface area contributed by atoms with Crippen molar-refractivity contribution in [1.82, 2.24) is 9.97 Å². The van der Waals surface area contributed by atoms with Gasteiger partial charge in [0.25, 0.3) is 0 Å². The van der Waals surface area contributed by atoms with Gasteiger partial charge in [-0.05, 0) is 62.1 Å². The van der Waals surface area contributed by atoms with Gasteiger partial charge in [0, 0.05) is 53.6 Å². The van der Waals surface area contributed by atoms with Crippen LogP contribution in [0.3, 0.4) is 0 Å². The molecule has 2 unspecified atom stereocenters. The molecule has 1 saturated carbocycles. The van der Waals surface area contributed by atoms with E-state index in [2.05, 4.69) is 63.1 Å². The lowest BCUT2D eigenvalue weighted by Gasteiger charge is -2.24. The Morgan fingerprint density at radius 1 is 0.736 bits per heavy atom. The van der Waals surface area contributed by atoms with Crippen LogP contribution < -0.4 is 15.4 Å². The molecular weight excluding hydrogens is 705 g/mol.